The molecule has 104 valence electrons. The summed E-state index contributed by atoms with van der Waals surface area (Å²) in [5, 5.41) is 3.22. The first kappa shape index (κ1) is 14.0. The minimum atomic E-state index is 0.152. The highest BCUT2D eigenvalue weighted by atomic mass is 16.5. The van der Waals surface area contributed by atoms with E-state index in [1.165, 1.54) is 0 Å². The second-order valence-corrected chi connectivity index (χ2v) is 4.99. The fourth-order valence-electron chi connectivity index (χ4n) is 2.25. The van der Waals surface area contributed by atoms with E-state index in [1.54, 1.807) is 4.90 Å². The number of rotatable bonds is 6. The molecular weight excluding hydrogens is 240 g/mol. The maximum Gasteiger partial charge on any atom is 0.226 e. The summed E-state index contributed by atoms with van der Waals surface area (Å²) in [6, 6.07) is 10.1. The number of hydrogen-bond acceptors (Lipinski definition) is 3. The maximum absolute atomic E-state index is 12.0. The van der Waals surface area contributed by atoms with Gasteiger partial charge >= 0.3 is 0 Å². The quantitative estimate of drug-likeness (QED) is 0.785. The topological polar surface area (TPSA) is 41.6 Å². The normalized spacial score (nSPS) is 18.5. The van der Waals surface area contributed by atoms with E-state index in [0.717, 1.165) is 25.1 Å². The molecule has 1 aromatic rings. The molecular formula is C15H22N2O2. The Bertz CT molecular complexity index is 388. The van der Waals surface area contributed by atoms with E-state index in [9.17, 15) is 4.79 Å². The van der Waals surface area contributed by atoms with E-state index >= 15 is 0 Å². The molecule has 1 aliphatic rings. The van der Waals surface area contributed by atoms with Crippen molar-refractivity contribution in [1.29, 1.82) is 0 Å². The van der Waals surface area contributed by atoms with Crippen LogP contribution in [0.1, 0.15) is 12.0 Å². The first-order valence-corrected chi connectivity index (χ1v) is 6.85. The molecule has 0 aliphatic carbocycles. The van der Waals surface area contributed by atoms with E-state index in [0.29, 0.717) is 19.8 Å². The van der Waals surface area contributed by atoms with Crippen molar-refractivity contribution in [3.63, 3.8) is 0 Å². The average Bonchev–Trinajstić information content (AvgIpc) is 2.98. The first-order chi connectivity index (χ1) is 9.27. The fourth-order valence-corrected chi connectivity index (χ4v) is 2.25. The standard InChI is InChI=1S/C15H22N2O2/c1-17(15(18)14-7-8-16-11-14)9-10-19-12-13-5-3-2-4-6-13/h2-6,14,16H,7-12H2,1H3. The summed E-state index contributed by atoms with van der Waals surface area (Å²) in [7, 11) is 1.85. The highest BCUT2D eigenvalue weighted by Gasteiger charge is 2.24. The lowest BCUT2D eigenvalue weighted by molar-refractivity contribution is -0.134. The Morgan fingerprint density at radius 1 is 1.42 bits per heavy atom. The van der Waals surface area contributed by atoms with Crippen LogP contribution in [0.15, 0.2) is 30.3 Å². The van der Waals surface area contributed by atoms with Gasteiger partial charge in [-0.15, -0.1) is 0 Å². The number of nitrogens with zero attached hydrogens (tertiary/aromatic N) is 1. The van der Waals surface area contributed by atoms with Crippen LogP contribution >= 0.6 is 0 Å². The molecule has 0 spiro atoms. The average molecular weight is 262 g/mol. The monoisotopic (exact) mass is 262 g/mol. The van der Waals surface area contributed by atoms with Gasteiger partial charge in [0.2, 0.25) is 5.91 Å². The molecule has 1 amide bonds. The number of nitrogens with one attached hydrogen (secondary N) is 1. The minimum absolute atomic E-state index is 0.152. The third kappa shape index (κ3) is 4.33. The number of benzene rings is 1. The SMILES string of the molecule is CN(CCOCc1ccccc1)C(=O)C1CCNC1. The van der Waals surface area contributed by atoms with E-state index < -0.39 is 0 Å². The highest BCUT2D eigenvalue weighted by Crippen LogP contribution is 2.10. The number of carbonyl (C=O) groups excluding carboxylic acids is 1. The third-order valence-corrected chi connectivity index (χ3v) is 3.47. The second-order valence-electron chi connectivity index (χ2n) is 4.99. The maximum atomic E-state index is 12.0. The number of amides is 1. The van der Waals surface area contributed by atoms with Gasteiger partial charge in [-0.25, -0.2) is 0 Å². The van der Waals surface area contributed by atoms with Crippen LogP contribution in [0.5, 0.6) is 0 Å². The van der Waals surface area contributed by atoms with Crippen molar-refractivity contribution in [3.8, 4) is 0 Å². The van der Waals surface area contributed by atoms with Crippen molar-refractivity contribution in [2.24, 2.45) is 5.92 Å². The Morgan fingerprint density at radius 2 is 2.21 bits per heavy atom. The number of carbonyl (C=O) groups is 1. The van der Waals surface area contributed by atoms with E-state index in [4.69, 9.17) is 4.74 Å². The molecule has 1 aliphatic heterocycles. The van der Waals surface area contributed by atoms with Crippen LogP contribution in [0.3, 0.4) is 0 Å². The summed E-state index contributed by atoms with van der Waals surface area (Å²) in [6.07, 6.45) is 0.952. The van der Waals surface area contributed by atoms with Gasteiger partial charge in [-0.3, -0.25) is 4.79 Å². The van der Waals surface area contributed by atoms with Crippen LogP contribution in [0, 0.1) is 5.92 Å². The second kappa shape index (κ2) is 7.26. The summed E-state index contributed by atoms with van der Waals surface area (Å²) < 4.78 is 5.59. The van der Waals surface area contributed by atoms with Crippen molar-refractivity contribution in [3.05, 3.63) is 35.9 Å². The molecule has 0 aromatic heterocycles. The highest BCUT2D eigenvalue weighted by molar-refractivity contribution is 5.79. The molecule has 0 radical (unpaired) electrons. The van der Waals surface area contributed by atoms with Crippen LogP contribution in [0.2, 0.25) is 0 Å². The van der Waals surface area contributed by atoms with Gasteiger partial charge in [0.1, 0.15) is 0 Å². The van der Waals surface area contributed by atoms with Crippen molar-refractivity contribution in [1.82, 2.24) is 10.2 Å². The fraction of sp³-hybridized carbons (Fsp3) is 0.533. The van der Waals surface area contributed by atoms with E-state index in [2.05, 4.69) is 5.32 Å². The molecule has 4 heteroatoms. The number of hydrogen-bond donors (Lipinski definition) is 1. The number of ether oxygens (including phenoxy) is 1. The zero-order valence-corrected chi connectivity index (χ0v) is 11.5. The van der Waals surface area contributed by atoms with Gasteiger partial charge in [0.05, 0.1) is 19.1 Å². The largest absolute Gasteiger partial charge is 0.375 e. The van der Waals surface area contributed by atoms with Crippen LogP contribution < -0.4 is 5.32 Å². The molecule has 2 rings (SSSR count). The lowest BCUT2D eigenvalue weighted by Crippen LogP contribution is -2.36. The molecule has 4 nitrogen and oxygen atoms in total. The van der Waals surface area contributed by atoms with Crippen molar-refractivity contribution in [2.45, 2.75) is 13.0 Å². The molecule has 1 heterocycles. The van der Waals surface area contributed by atoms with Crippen LogP contribution in [0.25, 0.3) is 0 Å². The Balaban J connectivity index is 1.63. The summed E-state index contributed by atoms with van der Waals surface area (Å²) in [5.74, 6) is 0.382. The van der Waals surface area contributed by atoms with Gasteiger partial charge in [-0.1, -0.05) is 30.3 Å². The van der Waals surface area contributed by atoms with Gasteiger partial charge in [-0.2, -0.15) is 0 Å². The van der Waals surface area contributed by atoms with Gasteiger partial charge in [0.15, 0.2) is 0 Å². The minimum Gasteiger partial charge on any atom is -0.375 e. The van der Waals surface area contributed by atoms with Gasteiger partial charge in [-0.05, 0) is 18.5 Å². The Labute approximate surface area is 114 Å². The Morgan fingerprint density at radius 3 is 2.89 bits per heavy atom. The predicted octanol–water partition coefficient (Wildman–Crippen LogP) is 1.27. The van der Waals surface area contributed by atoms with Crippen LogP contribution in [-0.4, -0.2) is 44.1 Å². The molecule has 0 bridgehead atoms. The molecule has 0 saturated carbocycles. The zero-order valence-electron chi connectivity index (χ0n) is 11.5. The lowest BCUT2D eigenvalue weighted by Gasteiger charge is -2.20. The van der Waals surface area contributed by atoms with Gasteiger partial charge < -0.3 is 15.0 Å². The number of likely N-dealkylation sites (N-methyl/N-ethyl adjacent to an activating group) is 1. The van der Waals surface area contributed by atoms with Gasteiger partial charge in [0, 0.05) is 20.1 Å². The molecule has 1 unspecified atom stereocenters. The van der Waals surface area contributed by atoms with Crippen LogP contribution in [-0.2, 0) is 16.1 Å². The first-order valence-electron chi connectivity index (χ1n) is 6.85. The van der Waals surface area contributed by atoms with Crippen LogP contribution in [0.4, 0.5) is 0 Å². The zero-order chi connectivity index (χ0) is 13.5. The van der Waals surface area contributed by atoms with Gasteiger partial charge in [0.25, 0.3) is 0 Å². The lowest BCUT2D eigenvalue weighted by atomic mass is 10.1. The summed E-state index contributed by atoms with van der Waals surface area (Å²) in [6.45, 7) is 3.61. The molecule has 1 fully saturated rings. The summed E-state index contributed by atoms with van der Waals surface area (Å²) >= 11 is 0. The van der Waals surface area contributed by atoms with Crippen molar-refractivity contribution >= 4 is 5.91 Å². The Kier molecular flexibility index (Phi) is 5.36. The van der Waals surface area contributed by atoms with Crippen molar-refractivity contribution < 1.29 is 9.53 Å². The molecule has 1 saturated heterocycles. The van der Waals surface area contributed by atoms with Crippen molar-refractivity contribution in [2.75, 3.05) is 33.3 Å². The molecule has 1 aromatic carbocycles. The summed E-state index contributed by atoms with van der Waals surface area (Å²) in [5.41, 5.74) is 1.16. The summed E-state index contributed by atoms with van der Waals surface area (Å²) in [4.78, 5) is 13.8. The Hall–Kier alpha value is -1.39. The molecule has 19 heavy (non-hydrogen) atoms. The van der Waals surface area contributed by atoms with E-state index in [1.807, 2.05) is 37.4 Å². The smallest absolute Gasteiger partial charge is 0.226 e. The van der Waals surface area contributed by atoms with E-state index in [-0.39, 0.29) is 11.8 Å². The molecule has 1 atom stereocenters. The predicted molar refractivity (Wildman–Crippen MR) is 74.7 cm³/mol. The molecule has 1 N–H and O–H groups in total. The third-order valence-electron chi connectivity index (χ3n) is 3.47.